The molecule has 0 saturated heterocycles. The number of rotatable bonds is 1. The van der Waals surface area contributed by atoms with Crippen molar-refractivity contribution in [1.82, 2.24) is 0 Å². The van der Waals surface area contributed by atoms with Crippen LogP contribution in [0.15, 0.2) is 12.2 Å². The molecule has 1 rings (SSSR count). The van der Waals surface area contributed by atoms with Gasteiger partial charge >= 0.3 is 0 Å². The number of hydrogen-bond acceptors (Lipinski definition) is 2. The lowest BCUT2D eigenvalue weighted by Gasteiger charge is -1.96. The molecule has 1 atom stereocenters. The van der Waals surface area contributed by atoms with Gasteiger partial charge in [0.2, 0.25) is 0 Å². The van der Waals surface area contributed by atoms with Crippen LogP contribution in [0.1, 0.15) is 6.42 Å². The number of carbonyl (C=O) groups is 1. The fourth-order valence-electron chi connectivity index (χ4n) is 0.763. The van der Waals surface area contributed by atoms with Gasteiger partial charge < -0.3 is 5.11 Å². The fourth-order valence-corrected chi connectivity index (χ4v) is 0.763. The van der Waals surface area contributed by atoms with Crippen molar-refractivity contribution in [2.45, 2.75) is 6.42 Å². The summed E-state index contributed by atoms with van der Waals surface area (Å²) >= 11 is 0. The first kappa shape index (κ1) is 5.51. The van der Waals surface area contributed by atoms with E-state index in [1.165, 1.54) is 6.08 Å². The molecule has 0 amide bonds. The number of carbonyl (C=O) groups excluding carboxylic acids is 1. The van der Waals surface area contributed by atoms with Crippen LogP contribution in [0, 0.1) is 5.92 Å². The monoisotopic (exact) mass is 112 g/mol. The highest BCUT2D eigenvalue weighted by molar-refractivity contribution is 5.92. The highest BCUT2D eigenvalue weighted by atomic mass is 16.3. The summed E-state index contributed by atoms with van der Waals surface area (Å²) in [5.41, 5.74) is 0. The quantitative estimate of drug-likeness (QED) is 0.523. The Hall–Kier alpha value is -0.630. The topological polar surface area (TPSA) is 37.3 Å². The second-order valence-corrected chi connectivity index (χ2v) is 1.97. The zero-order valence-corrected chi connectivity index (χ0v) is 4.50. The SMILES string of the molecule is O=C1C=CC(CO)C1. The second kappa shape index (κ2) is 2.09. The molecule has 2 nitrogen and oxygen atoms in total. The van der Waals surface area contributed by atoms with Gasteiger partial charge in [-0.05, 0) is 6.08 Å². The highest BCUT2D eigenvalue weighted by Crippen LogP contribution is 2.11. The van der Waals surface area contributed by atoms with Crippen LogP contribution in [0.5, 0.6) is 0 Å². The lowest BCUT2D eigenvalue weighted by atomic mass is 10.1. The third kappa shape index (κ3) is 0.954. The van der Waals surface area contributed by atoms with Gasteiger partial charge in [0.15, 0.2) is 5.78 Å². The van der Waals surface area contributed by atoms with E-state index in [0.717, 1.165) is 0 Å². The molecule has 8 heavy (non-hydrogen) atoms. The van der Waals surface area contributed by atoms with Crippen molar-refractivity contribution in [2.24, 2.45) is 5.92 Å². The lowest BCUT2D eigenvalue weighted by Crippen LogP contribution is -2.00. The second-order valence-electron chi connectivity index (χ2n) is 1.97. The molecule has 0 saturated carbocycles. The fraction of sp³-hybridized carbons (Fsp3) is 0.500. The highest BCUT2D eigenvalue weighted by Gasteiger charge is 2.13. The van der Waals surface area contributed by atoms with Crippen LogP contribution in [0.4, 0.5) is 0 Å². The van der Waals surface area contributed by atoms with Gasteiger partial charge in [0.25, 0.3) is 0 Å². The van der Waals surface area contributed by atoms with E-state index in [1.54, 1.807) is 6.08 Å². The van der Waals surface area contributed by atoms with Gasteiger partial charge in [-0.2, -0.15) is 0 Å². The average molecular weight is 112 g/mol. The van der Waals surface area contributed by atoms with Crippen molar-refractivity contribution < 1.29 is 9.90 Å². The van der Waals surface area contributed by atoms with Crippen LogP contribution in [0.2, 0.25) is 0 Å². The van der Waals surface area contributed by atoms with Crippen molar-refractivity contribution in [1.29, 1.82) is 0 Å². The first-order valence-electron chi connectivity index (χ1n) is 2.65. The molecule has 44 valence electrons. The molecule has 1 aliphatic carbocycles. The Balaban J connectivity index is 2.46. The van der Waals surface area contributed by atoms with E-state index < -0.39 is 0 Å². The largest absolute Gasteiger partial charge is 0.396 e. The summed E-state index contributed by atoms with van der Waals surface area (Å²) in [5.74, 6) is 0.228. The molecule has 0 aromatic heterocycles. The first-order chi connectivity index (χ1) is 3.83. The van der Waals surface area contributed by atoms with Crippen LogP contribution < -0.4 is 0 Å². The third-order valence-electron chi connectivity index (χ3n) is 1.25. The zero-order chi connectivity index (χ0) is 5.98. The lowest BCUT2D eigenvalue weighted by molar-refractivity contribution is -0.114. The summed E-state index contributed by atoms with van der Waals surface area (Å²) in [4.78, 5) is 10.4. The standard InChI is InChI=1S/C6H8O2/c7-4-5-1-2-6(8)3-5/h1-2,5,7H,3-4H2. The maximum Gasteiger partial charge on any atom is 0.156 e. The number of hydrogen-bond donors (Lipinski definition) is 1. The molecule has 0 fully saturated rings. The average Bonchev–Trinajstić information content (AvgIpc) is 2.14. The van der Waals surface area contributed by atoms with Gasteiger partial charge in [0.1, 0.15) is 0 Å². The molecule has 0 aromatic rings. The van der Waals surface area contributed by atoms with Crippen molar-refractivity contribution in [2.75, 3.05) is 6.61 Å². The van der Waals surface area contributed by atoms with Crippen LogP contribution in [0.25, 0.3) is 0 Å². The molecule has 0 bridgehead atoms. The summed E-state index contributed by atoms with van der Waals surface area (Å²) in [6.07, 6.45) is 3.78. The molecule has 0 aromatic carbocycles. The van der Waals surface area contributed by atoms with Crippen LogP contribution in [-0.4, -0.2) is 17.5 Å². The number of allylic oxidation sites excluding steroid dienone is 1. The summed E-state index contributed by atoms with van der Waals surface area (Å²) in [6, 6.07) is 0. The van der Waals surface area contributed by atoms with Crippen molar-refractivity contribution >= 4 is 5.78 Å². The zero-order valence-electron chi connectivity index (χ0n) is 4.50. The summed E-state index contributed by atoms with van der Waals surface area (Å²) < 4.78 is 0. The van der Waals surface area contributed by atoms with E-state index in [0.29, 0.717) is 6.42 Å². The Morgan fingerprint density at radius 2 is 2.62 bits per heavy atom. The molecule has 0 aliphatic heterocycles. The maximum absolute atomic E-state index is 10.4. The van der Waals surface area contributed by atoms with Crippen LogP contribution in [-0.2, 0) is 4.79 Å². The Labute approximate surface area is 47.8 Å². The van der Waals surface area contributed by atoms with Gasteiger partial charge in [-0.1, -0.05) is 6.08 Å². The molecule has 0 radical (unpaired) electrons. The first-order valence-corrected chi connectivity index (χ1v) is 2.65. The molecular formula is C6H8O2. The van der Waals surface area contributed by atoms with Crippen LogP contribution in [0.3, 0.4) is 0 Å². The molecule has 2 heteroatoms. The summed E-state index contributed by atoms with van der Waals surface area (Å²) in [6.45, 7) is 0.0994. The van der Waals surface area contributed by atoms with E-state index in [4.69, 9.17) is 5.11 Å². The molecule has 1 aliphatic rings. The minimum absolute atomic E-state index is 0.0994. The van der Waals surface area contributed by atoms with Crippen LogP contribution >= 0.6 is 0 Å². The van der Waals surface area contributed by atoms with E-state index in [-0.39, 0.29) is 18.3 Å². The van der Waals surface area contributed by atoms with Gasteiger partial charge in [-0.3, -0.25) is 4.79 Å². The van der Waals surface area contributed by atoms with E-state index in [1.807, 2.05) is 0 Å². The smallest absolute Gasteiger partial charge is 0.156 e. The van der Waals surface area contributed by atoms with E-state index >= 15 is 0 Å². The van der Waals surface area contributed by atoms with Gasteiger partial charge in [0.05, 0.1) is 0 Å². The summed E-state index contributed by atoms with van der Waals surface area (Å²) in [5, 5.41) is 8.48. The Morgan fingerprint density at radius 3 is 2.88 bits per heavy atom. The maximum atomic E-state index is 10.4. The van der Waals surface area contributed by atoms with E-state index in [9.17, 15) is 4.79 Å². The molecular weight excluding hydrogens is 104 g/mol. The Kier molecular flexibility index (Phi) is 1.44. The summed E-state index contributed by atoms with van der Waals surface area (Å²) in [7, 11) is 0. The number of ketones is 1. The molecule has 0 heterocycles. The van der Waals surface area contributed by atoms with Gasteiger partial charge in [-0.15, -0.1) is 0 Å². The Morgan fingerprint density at radius 1 is 1.88 bits per heavy atom. The molecule has 1 unspecified atom stereocenters. The van der Waals surface area contributed by atoms with E-state index in [2.05, 4.69) is 0 Å². The third-order valence-corrected chi connectivity index (χ3v) is 1.25. The normalized spacial score (nSPS) is 27.1. The van der Waals surface area contributed by atoms with Crippen molar-refractivity contribution in [3.63, 3.8) is 0 Å². The Bertz CT molecular complexity index is 126. The van der Waals surface area contributed by atoms with Crippen molar-refractivity contribution in [3.05, 3.63) is 12.2 Å². The number of aliphatic hydroxyl groups excluding tert-OH is 1. The minimum Gasteiger partial charge on any atom is -0.396 e. The predicted octanol–water partition coefficient (Wildman–Crippen LogP) is 0.124. The molecule has 1 N–H and O–H groups in total. The van der Waals surface area contributed by atoms with Gasteiger partial charge in [0, 0.05) is 18.9 Å². The van der Waals surface area contributed by atoms with Gasteiger partial charge in [-0.25, -0.2) is 0 Å². The van der Waals surface area contributed by atoms with Crippen molar-refractivity contribution in [3.8, 4) is 0 Å². The molecule has 0 spiro atoms. The predicted molar refractivity (Wildman–Crippen MR) is 29.3 cm³/mol. The minimum atomic E-state index is 0.0994. The number of aliphatic hydroxyl groups is 1.